The molecule has 0 spiro atoms. The van der Waals surface area contributed by atoms with Crippen LogP contribution in [0.3, 0.4) is 0 Å². The maximum Gasteiger partial charge on any atom is 0.231 e. The van der Waals surface area contributed by atoms with Gasteiger partial charge in [-0.25, -0.2) is 0 Å². The Labute approximate surface area is 184 Å². The van der Waals surface area contributed by atoms with Crippen molar-refractivity contribution in [2.75, 3.05) is 41.1 Å². The number of methoxy groups -OCH3 is 2. The highest BCUT2D eigenvalue weighted by Crippen LogP contribution is 2.36. The van der Waals surface area contributed by atoms with Gasteiger partial charge in [0.15, 0.2) is 28.8 Å². The van der Waals surface area contributed by atoms with E-state index in [4.69, 9.17) is 18.9 Å². The van der Waals surface area contributed by atoms with Gasteiger partial charge in [0, 0.05) is 18.0 Å². The summed E-state index contributed by atoms with van der Waals surface area (Å²) in [5, 5.41) is 0. The fourth-order valence-corrected chi connectivity index (χ4v) is 4.45. The smallest absolute Gasteiger partial charge is 0.231 e. The molecule has 6 nitrogen and oxygen atoms in total. The summed E-state index contributed by atoms with van der Waals surface area (Å²) in [5.74, 6) is 3.31. The van der Waals surface area contributed by atoms with Crippen molar-refractivity contribution in [3.05, 3.63) is 47.0 Å². The van der Waals surface area contributed by atoms with Gasteiger partial charge >= 0.3 is 0 Å². The van der Waals surface area contributed by atoms with Crippen LogP contribution in [0.4, 0.5) is 0 Å². The molecule has 6 heteroatoms. The molecular formula is C25H31NO5. The van der Waals surface area contributed by atoms with E-state index >= 15 is 0 Å². The van der Waals surface area contributed by atoms with Gasteiger partial charge in [-0.1, -0.05) is 6.07 Å². The number of carbonyl (C=O) groups is 1. The van der Waals surface area contributed by atoms with Crippen LogP contribution in [0.2, 0.25) is 0 Å². The molecule has 4 rings (SSSR count). The van der Waals surface area contributed by atoms with Gasteiger partial charge in [0.1, 0.15) is 0 Å². The van der Waals surface area contributed by atoms with E-state index in [0.29, 0.717) is 18.3 Å². The molecular weight excluding hydrogens is 394 g/mol. The van der Waals surface area contributed by atoms with Crippen LogP contribution < -0.4 is 18.9 Å². The molecule has 1 heterocycles. The number of ketones is 1. The molecule has 2 aromatic rings. The number of ether oxygens (including phenoxy) is 4. The highest BCUT2D eigenvalue weighted by atomic mass is 16.7. The summed E-state index contributed by atoms with van der Waals surface area (Å²) in [4.78, 5) is 15.4. The van der Waals surface area contributed by atoms with Crippen LogP contribution in [0.1, 0.15) is 40.7 Å². The molecule has 2 aliphatic rings. The summed E-state index contributed by atoms with van der Waals surface area (Å²) in [7, 11) is 5.37. The third kappa shape index (κ3) is 4.79. The average Bonchev–Trinajstić information content (AvgIpc) is 3.26. The Morgan fingerprint density at radius 2 is 1.81 bits per heavy atom. The van der Waals surface area contributed by atoms with Crippen LogP contribution in [-0.4, -0.2) is 51.8 Å². The molecule has 0 fully saturated rings. The Morgan fingerprint density at radius 1 is 1.03 bits per heavy atom. The first-order valence-electron chi connectivity index (χ1n) is 10.9. The molecule has 0 amide bonds. The zero-order valence-electron chi connectivity index (χ0n) is 18.6. The van der Waals surface area contributed by atoms with E-state index < -0.39 is 0 Å². The minimum absolute atomic E-state index is 0.0906. The molecule has 1 aliphatic carbocycles. The van der Waals surface area contributed by atoms with Crippen molar-refractivity contribution in [2.45, 2.75) is 32.1 Å². The fourth-order valence-electron chi connectivity index (χ4n) is 4.45. The molecule has 0 saturated heterocycles. The lowest BCUT2D eigenvalue weighted by atomic mass is 9.80. The van der Waals surface area contributed by atoms with Crippen LogP contribution in [0.25, 0.3) is 0 Å². The molecule has 0 N–H and O–H groups in total. The minimum atomic E-state index is 0.0906. The van der Waals surface area contributed by atoms with Gasteiger partial charge in [-0.05, 0) is 81.1 Å². The van der Waals surface area contributed by atoms with E-state index in [1.165, 1.54) is 5.56 Å². The van der Waals surface area contributed by atoms with Crippen molar-refractivity contribution in [1.82, 2.24) is 4.90 Å². The molecule has 0 saturated carbocycles. The number of aryl methyl sites for hydroxylation is 1. The lowest BCUT2D eigenvalue weighted by Gasteiger charge is -2.25. The Bertz CT molecular complexity index is 942. The largest absolute Gasteiger partial charge is 0.493 e. The summed E-state index contributed by atoms with van der Waals surface area (Å²) < 4.78 is 21.6. The minimum Gasteiger partial charge on any atom is -0.493 e. The Hall–Kier alpha value is -2.73. The second-order valence-corrected chi connectivity index (χ2v) is 8.35. The SMILES string of the molecule is COc1cc2c(cc1OC)C(=O)C(CCCN(C)CCc1ccc3c(c1)OCO3)CC2. The number of rotatable bonds is 9. The van der Waals surface area contributed by atoms with Crippen molar-refractivity contribution >= 4 is 5.78 Å². The lowest BCUT2D eigenvalue weighted by molar-refractivity contribution is 0.0890. The third-order valence-electron chi connectivity index (χ3n) is 6.32. The van der Waals surface area contributed by atoms with Crippen molar-refractivity contribution in [3.8, 4) is 23.0 Å². The maximum atomic E-state index is 13.0. The number of fused-ring (bicyclic) bond motifs is 2. The summed E-state index contributed by atoms with van der Waals surface area (Å²) in [6.45, 7) is 2.26. The van der Waals surface area contributed by atoms with E-state index in [9.17, 15) is 4.79 Å². The standard InChI is InChI=1S/C25H31NO5/c1-26(12-10-17-6-9-21-24(13-17)31-16-30-21)11-4-5-18-7-8-19-14-22(28-2)23(29-3)15-20(19)25(18)27/h6,9,13-15,18H,4-5,7-8,10-12,16H2,1-3H3. The molecule has 1 unspecified atom stereocenters. The van der Waals surface area contributed by atoms with E-state index in [0.717, 1.165) is 67.8 Å². The zero-order valence-corrected chi connectivity index (χ0v) is 18.6. The highest BCUT2D eigenvalue weighted by Gasteiger charge is 2.28. The van der Waals surface area contributed by atoms with Crippen molar-refractivity contribution in [2.24, 2.45) is 5.92 Å². The summed E-state index contributed by atoms with van der Waals surface area (Å²) in [6.07, 6.45) is 4.70. The predicted octanol–water partition coefficient (Wildman–Crippen LogP) is 4.13. The second kappa shape index (κ2) is 9.60. The number of hydrogen-bond acceptors (Lipinski definition) is 6. The topological polar surface area (TPSA) is 57.2 Å². The molecule has 31 heavy (non-hydrogen) atoms. The second-order valence-electron chi connectivity index (χ2n) is 8.35. The first-order valence-corrected chi connectivity index (χ1v) is 10.9. The number of Topliss-reactive ketones (excluding diaryl/α,β-unsaturated/α-hetero) is 1. The molecule has 0 aromatic heterocycles. The Balaban J connectivity index is 1.25. The zero-order chi connectivity index (χ0) is 21.8. The molecule has 1 aliphatic heterocycles. The summed E-state index contributed by atoms with van der Waals surface area (Å²) in [5.41, 5.74) is 3.12. The molecule has 0 radical (unpaired) electrons. The Kier molecular flexibility index (Phi) is 6.66. The summed E-state index contributed by atoms with van der Waals surface area (Å²) in [6, 6.07) is 9.95. The lowest BCUT2D eigenvalue weighted by Crippen LogP contribution is -2.26. The number of carbonyl (C=O) groups excluding carboxylic acids is 1. The molecule has 166 valence electrons. The first-order chi connectivity index (χ1) is 15.1. The quantitative estimate of drug-likeness (QED) is 0.602. The fraction of sp³-hybridized carbons (Fsp3) is 0.480. The van der Waals surface area contributed by atoms with Crippen LogP contribution in [-0.2, 0) is 12.8 Å². The molecule has 2 aromatic carbocycles. The van der Waals surface area contributed by atoms with Crippen LogP contribution in [0, 0.1) is 5.92 Å². The van der Waals surface area contributed by atoms with E-state index in [1.807, 2.05) is 18.2 Å². The molecule has 1 atom stereocenters. The summed E-state index contributed by atoms with van der Waals surface area (Å²) >= 11 is 0. The van der Waals surface area contributed by atoms with Gasteiger partial charge in [0.25, 0.3) is 0 Å². The van der Waals surface area contributed by atoms with Gasteiger partial charge in [-0.3, -0.25) is 4.79 Å². The third-order valence-corrected chi connectivity index (χ3v) is 6.32. The van der Waals surface area contributed by atoms with Crippen LogP contribution in [0.5, 0.6) is 23.0 Å². The predicted molar refractivity (Wildman–Crippen MR) is 119 cm³/mol. The Morgan fingerprint density at radius 3 is 2.61 bits per heavy atom. The average molecular weight is 426 g/mol. The monoisotopic (exact) mass is 425 g/mol. The normalized spacial score (nSPS) is 17.0. The number of benzene rings is 2. The van der Waals surface area contributed by atoms with E-state index in [1.54, 1.807) is 14.2 Å². The van der Waals surface area contributed by atoms with Gasteiger partial charge in [0.05, 0.1) is 14.2 Å². The van der Waals surface area contributed by atoms with Crippen molar-refractivity contribution in [3.63, 3.8) is 0 Å². The van der Waals surface area contributed by atoms with Gasteiger partial charge in [0.2, 0.25) is 6.79 Å². The highest BCUT2D eigenvalue weighted by molar-refractivity contribution is 6.00. The van der Waals surface area contributed by atoms with Gasteiger partial charge < -0.3 is 23.8 Å². The van der Waals surface area contributed by atoms with E-state index in [-0.39, 0.29) is 11.7 Å². The van der Waals surface area contributed by atoms with Gasteiger partial charge in [-0.15, -0.1) is 0 Å². The van der Waals surface area contributed by atoms with E-state index in [2.05, 4.69) is 24.1 Å². The van der Waals surface area contributed by atoms with Crippen molar-refractivity contribution < 1.29 is 23.7 Å². The van der Waals surface area contributed by atoms with Crippen LogP contribution >= 0.6 is 0 Å². The number of likely N-dealkylation sites (N-methyl/N-ethyl adjacent to an activating group) is 1. The molecule has 0 bridgehead atoms. The maximum absolute atomic E-state index is 13.0. The van der Waals surface area contributed by atoms with Crippen molar-refractivity contribution in [1.29, 1.82) is 0 Å². The number of hydrogen-bond donors (Lipinski definition) is 0. The first kappa shape index (κ1) is 21.5. The van der Waals surface area contributed by atoms with Crippen LogP contribution in [0.15, 0.2) is 30.3 Å². The van der Waals surface area contributed by atoms with Gasteiger partial charge in [-0.2, -0.15) is 0 Å². The number of nitrogens with zero attached hydrogens (tertiary/aromatic N) is 1.